The second-order valence-corrected chi connectivity index (χ2v) is 7.67. The molecular weight excluding hydrogens is 362 g/mol. The van der Waals surface area contributed by atoms with Crippen molar-refractivity contribution in [2.75, 3.05) is 13.2 Å². The van der Waals surface area contributed by atoms with Gasteiger partial charge in [0.05, 0.1) is 12.6 Å². The predicted octanol–water partition coefficient (Wildman–Crippen LogP) is 4.06. The van der Waals surface area contributed by atoms with Crippen LogP contribution in [-0.2, 0) is 22.4 Å². The first-order valence-corrected chi connectivity index (χ1v) is 10.2. The van der Waals surface area contributed by atoms with Crippen LogP contribution in [-0.4, -0.2) is 25.1 Å². The molecule has 1 aromatic heterocycles. The Balaban J connectivity index is 1.56. The summed E-state index contributed by atoms with van der Waals surface area (Å²) in [6.45, 7) is 4.48. The number of thiophene rings is 1. The summed E-state index contributed by atoms with van der Waals surface area (Å²) in [5.74, 6) is 0.0610. The molecule has 1 aromatic carbocycles. The quantitative estimate of drug-likeness (QED) is 0.728. The van der Waals surface area contributed by atoms with Gasteiger partial charge >= 0.3 is 5.97 Å². The zero-order chi connectivity index (χ0) is 19.2. The van der Waals surface area contributed by atoms with E-state index in [4.69, 9.17) is 9.47 Å². The smallest absolute Gasteiger partial charge is 0.348 e. The van der Waals surface area contributed by atoms with Crippen LogP contribution in [0.1, 0.15) is 58.4 Å². The Morgan fingerprint density at radius 1 is 1.30 bits per heavy atom. The third kappa shape index (κ3) is 4.69. The summed E-state index contributed by atoms with van der Waals surface area (Å²) >= 11 is 1.47. The summed E-state index contributed by atoms with van der Waals surface area (Å²) in [6, 6.07) is 9.43. The number of aryl methyl sites for hydroxylation is 2. The highest BCUT2D eigenvalue weighted by molar-refractivity contribution is 7.14. The first-order chi connectivity index (χ1) is 13.1. The van der Waals surface area contributed by atoms with Gasteiger partial charge in [0.1, 0.15) is 10.6 Å². The summed E-state index contributed by atoms with van der Waals surface area (Å²) in [5, 5.41) is 2.94. The Hall–Kier alpha value is -2.34. The minimum Gasteiger partial charge on any atom is -0.493 e. The lowest BCUT2D eigenvalue weighted by atomic mass is 10.0. The van der Waals surface area contributed by atoms with Crippen molar-refractivity contribution >= 4 is 23.2 Å². The number of hydrogen-bond acceptors (Lipinski definition) is 5. The fourth-order valence-corrected chi connectivity index (χ4v) is 4.48. The van der Waals surface area contributed by atoms with Gasteiger partial charge in [-0.3, -0.25) is 4.79 Å². The average molecular weight is 388 g/mol. The van der Waals surface area contributed by atoms with Crippen LogP contribution in [0.3, 0.4) is 0 Å². The molecule has 5 nitrogen and oxygen atoms in total. The van der Waals surface area contributed by atoms with E-state index < -0.39 is 5.97 Å². The molecule has 3 rings (SSSR count). The van der Waals surface area contributed by atoms with Gasteiger partial charge in [0.15, 0.2) is 6.61 Å². The zero-order valence-corrected chi connectivity index (χ0v) is 16.6. The van der Waals surface area contributed by atoms with Crippen LogP contribution in [0.25, 0.3) is 0 Å². The highest BCUT2D eigenvalue weighted by Gasteiger charge is 2.23. The number of hydrogen-bond donors (Lipinski definition) is 1. The monoisotopic (exact) mass is 387 g/mol. The lowest BCUT2D eigenvalue weighted by Crippen LogP contribution is -2.35. The van der Waals surface area contributed by atoms with Crippen molar-refractivity contribution in [3.63, 3.8) is 0 Å². The summed E-state index contributed by atoms with van der Waals surface area (Å²) < 4.78 is 10.8. The minimum atomic E-state index is -0.431. The second-order valence-electron chi connectivity index (χ2n) is 6.53. The van der Waals surface area contributed by atoms with Gasteiger partial charge in [0.25, 0.3) is 5.91 Å². The SMILES string of the molecule is CCCc1sc(C(=O)OCC(=O)NC2CCOc3ccccc32)cc1CC. The normalized spacial score (nSPS) is 15.6. The standard InChI is InChI=1S/C21H25NO4S/c1-3-7-18-14(4-2)12-19(27-18)21(24)26-13-20(23)22-16-10-11-25-17-9-6-5-8-15(16)17/h5-6,8-9,12,16H,3-4,7,10-11,13H2,1-2H3,(H,22,23). The Kier molecular flexibility index (Phi) is 6.50. The van der Waals surface area contributed by atoms with Crippen molar-refractivity contribution in [3.05, 3.63) is 51.2 Å². The molecule has 27 heavy (non-hydrogen) atoms. The fourth-order valence-electron chi connectivity index (χ4n) is 3.24. The van der Waals surface area contributed by atoms with Crippen LogP contribution in [0.2, 0.25) is 0 Å². The molecule has 1 aliphatic heterocycles. The number of nitrogens with one attached hydrogen (secondary N) is 1. The van der Waals surface area contributed by atoms with E-state index >= 15 is 0 Å². The van der Waals surface area contributed by atoms with Gasteiger partial charge in [0, 0.05) is 16.9 Å². The molecule has 6 heteroatoms. The molecule has 0 aliphatic carbocycles. The van der Waals surface area contributed by atoms with Gasteiger partial charge in [-0.05, 0) is 30.5 Å². The number of rotatable bonds is 7. The molecule has 2 heterocycles. The van der Waals surface area contributed by atoms with Crippen LogP contribution >= 0.6 is 11.3 Å². The van der Waals surface area contributed by atoms with E-state index in [0.29, 0.717) is 17.9 Å². The Labute approximate surface area is 163 Å². The number of benzene rings is 1. The number of carbonyl (C=O) groups excluding carboxylic acids is 2. The van der Waals surface area contributed by atoms with E-state index in [2.05, 4.69) is 19.2 Å². The lowest BCUT2D eigenvalue weighted by Gasteiger charge is -2.26. The van der Waals surface area contributed by atoms with Gasteiger partial charge in [-0.1, -0.05) is 38.5 Å². The molecule has 1 atom stereocenters. The first kappa shape index (κ1) is 19.4. The van der Waals surface area contributed by atoms with Gasteiger partial charge < -0.3 is 14.8 Å². The average Bonchev–Trinajstić information content (AvgIpc) is 3.10. The minimum absolute atomic E-state index is 0.120. The van der Waals surface area contributed by atoms with Crippen molar-refractivity contribution in [2.24, 2.45) is 0 Å². The third-order valence-electron chi connectivity index (χ3n) is 4.58. The molecule has 1 N–H and O–H groups in total. The van der Waals surface area contributed by atoms with Gasteiger partial charge in [-0.15, -0.1) is 11.3 Å². The third-order valence-corrected chi connectivity index (χ3v) is 5.80. The van der Waals surface area contributed by atoms with E-state index in [0.717, 1.165) is 30.6 Å². The summed E-state index contributed by atoms with van der Waals surface area (Å²) in [6.07, 6.45) is 3.59. The molecule has 1 amide bonds. The molecular formula is C21H25NO4S. The molecule has 0 fully saturated rings. The van der Waals surface area contributed by atoms with E-state index in [1.54, 1.807) is 0 Å². The van der Waals surface area contributed by atoms with E-state index in [1.807, 2.05) is 30.3 Å². The largest absolute Gasteiger partial charge is 0.493 e. The molecule has 0 radical (unpaired) electrons. The van der Waals surface area contributed by atoms with Crippen molar-refractivity contribution in [1.29, 1.82) is 0 Å². The number of fused-ring (bicyclic) bond motifs is 1. The summed E-state index contributed by atoms with van der Waals surface area (Å²) in [7, 11) is 0. The molecule has 144 valence electrons. The number of amides is 1. The highest BCUT2D eigenvalue weighted by atomic mass is 32.1. The fraction of sp³-hybridized carbons (Fsp3) is 0.429. The van der Waals surface area contributed by atoms with Crippen molar-refractivity contribution < 1.29 is 19.1 Å². The Bertz CT molecular complexity index is 814. The van der Waals surface area contributed by atoms with Crippen molar-refractivity contribution in [2.45, 2.75) is 45.6 Å². The van der Waals surface area contributed by atoms with Crippen molar-refractivity contribution in [1.82, 2.24) is 5.32 Å². The van der Waals surface area contributed by atoms with Crippen LogP contribution in [0.15, 0.2) is 30.3 Å². The van der Waals surface area contributed by atoms with Gasteiger partial charge in [0.2, 0.25) is 0 Å². The van der Waals surface area contributed by atoms with Crippen LogP contribution < -0.4 is 10.1 Å². The van der Waals surface area contributed by atoms with Gasteiger partial charge in [-0.2, -0.15) is 0 Å². The summed E-state index contributed by atoms with van der Waals surface area (Å²) in [4.78, 5) is 26.4. The maximum absolute atomic E-state index is 12.3. The van der Waals surface area contributed by atoms with Crippen molar-refractivity contribution in [3.8, 4) is 5.75 Å². The maximum atomic E-state index is 12.3. The topological polar surface area (TPSA) is 64.6 Å². The molecule has 0 saturated heterocycles. The van der Waals surface area contributed by atoms with E-state index in [9.17, 15) is 9.59 Å². The number of para-hydroxylation sites is 1. The van der Waals surface area contributed by atoms with E-state index in [1.165, 1.54) is 21.8 Å². The number of esters is 1. The molecule has 0 spiro atoms. The molecule has 0 bridgehead atoms. The summed E-state index contributed by atoms with van der Waals surface area (Å²) in [5.41, 5.74) is 2.15. The van der Waals surface area contributed by atoms with Crippen LogP contribution in [0.5, 0.6) is 5.75 Å². The van der Waals surface area contributed by atoms with Crippen LogP contribution in [0, 0.1) is 0 Å². The highest BCUT2D eigenvalue weighted by Crippen LogP contribution is 2.31. The second kappa shape index (κ2) is 9.04. The van der Waals surface area contributed by atoms with Crippen LogP contribution in [0.4, 0.5) is 0 Å². The zero-order valence-electron chi connectivity index (χ0n) is 15.7. The molecule has 0 saturated carbocycles. The first-order valence-electron chi connectivity index (χ1n) is 9.42. The molecule has 1 aliphatic rings. The van der Waals surface area contributed by atoms with Gasteiger partial charge in [-0.25, -0.2) is 4.79 Å². The Morgan fingerprint density at radius 3 is 2.89 bits per heavy atom. The molecule has 2 aromatic rings. The predicted molar refractivity (Wildman–Crippen MR) is 105 cm³/mol. The maximum Gasteiger partial charge on any atom is 0.348 e. The lowest BCUT2D eigenvalue weighted by molar-refractivity contribution is -0.125. The number of carbonyl (C=O) groups is 2. The number of ether oxygens (including phenoxy) is 2. The molecule has 1 unspecified atom stereocenters. The Morgan fingerprint density at radius 2 is 2.11 bits per heavy atom. The van der Waals surface area contributed by atoms with E-state index in [-0.39, 0.29) is 18.6 Å².